The number of esters is 1. The average Bonchev–Trinajstić information content (AvgIpc) is 2.54. The fraction of sp³-hybridized carbons (Fsp3) is 0.0667. The van der Waals surface area contributed by atoms with E-state index in [0.717, 1.165) is 24.3 Å². The summed E-state index contributed by atoms with van der Waals surface area (Å²) < 4.78 is 30.6. The molecule has 0 atom stereocenters. The Hall–Kier alpha value is -2.87. The van der Waals surface area contributed by atoms with Crippen LogP contribution in [-0.4, -0.2) is 23.3 Å². The number of rotatable bonds is 5. The Kier molecular flexibility index (Phi) is 5.20. The number of ketones is 1. The maximum Gasteiger partial charge on any atom is 0.345 e. The van der Waals surface area contributed by atoms with Gasteiger partial charge in [-0.25, -0.2) is 13.6 Å². The van der Waals surface area contributed by atoms with Crippen molar-refractivity contribution < 1.29 is 28.0 Å². The van der Waals surface area contributed by atoms with Crippen molar-refractivity contribution in [2.24, 2.45) is 0 Å². The van der Waals surface area contributed by atoms with E-state index in [-0.39, 0.29) is 10.6 Å². The molecule has 0 heterocycles. The SMILES string of the molecule is O=C(COC(=O)c1cc(Cl)ccc1[N+](=O)[O-])c1ccc(F)c(F)c1. The summed E-state index contributed by atoms with van der Waals surface area (Å²) in [6.07, 6.45) is 0. The maximum absolute atomic E-state index is 13.1. The topological polar surface area (TPSA) is 86.5 Å². The second-order valence-electron chi connectivity index (χ2n) is 4.55. The van der Waals surface area contributed by atoms with Crippen LogP contribution in [0.25, 0.3) is 0 Å². The third kappa shape index (κ3) is 3.90. The quantitative estimate of drug-likeness (QED) is 0.354. The predicted octanol–water partition coefficient (Wildman–Crippen LogP) is 3.57. The van der Waals surface area contributed by atoms with Crippen LogP contribution in [0, 0.1) is 21.7 Å². The van der Waals surface area contributed by atoms with Crippen LogP contribution in [0.3, 0.4) is 0 Å². The summed E-state index contributed by atoms with van der Waals surface area (Å²) in [7, 11) is 0. The highest BCUT2D eigenvalue weighted by Gasteiger charge is 2.23. The van der Waals surface area contributed by atoms with E-state index in [1.165, 1.54) is 6.07 Å². The van der Waals surface area contributed by atoms with Gasteiger partial charge in [0.1, 0.15) is 5.56 Å². The van der Waals surface area contributed by atoms with E-state index in [4.69, 9.17) is 16.3 Å². The number of nitro benzene ring substituents is 1. The van der Waals surface area contributed by atoms with Crippen molar-refractivity contribution in [1.29, 1.82) is 0 Å². The second kappa shape index (κ2) is 7.14. The monoisotopic (exact) mass is 355 g/mol. The lowest BCUT2D eigenvalue weighted by Gasteiger charge is -2.06. The van der Waals surface area contributed by atoms with Crippen LogP contribution in [-0.2, 0) is 4.74 Å². The molecule has 0 saturated heterocycles. The van der Waals surface area contributed by atoms with E-state index in [1.807, 2.05) is 0 Å². The summed E-state index contributed by atoms with van der Waals surface area (Å²) in [5.74, 6) is -4.29. The zero-order valence-electron chi connectivity index (χ0n) is 11.8. The smallest absolute Gasteiger partial charge is 0.345 e. The van der Waals surface area contributed by atoms with E-state index in [9.17, 15) is 28.5 Å². The predicted molar refractivity (Wildman–Crippen MR) is 79.1 cm³/mol. The molecular weight excluding hydrogens is 348 g/mol. The average molecular weight is 356 g/mol. The molecule has 0 radical (unpaired) electrons. The molecule has 24 heavy (non-hydrogen) atoms. The number of halogens is 3. The number of Topliss-reactive ketones (excluding diaryl/α,β-unsaturated/α-hetero) is 1. The Labute approximate surface area is 138 Å². The van der Waals surface area contributed by atoms with Crippen LogP contribution in [0.4, 0.5) is 14.5 Å². The molecule has 0 amide bonds. The van der Waals surface area contributed by atoms with Crippen LogP contribution in [0.2, 0.25) is 5.02 Å². The molecule has 0 saturated carbocycles. The summed E-state index contributed by atoms with van der Waals surface area (Å²) in [5, 5.41) is 10.9. The molecule has 2 aromatic carbocycles. The van der Waals surface area contributed by atoms with Crippen LogP contribution in [0.15, 0.2) is 36.4 Å². The van der Waals surface area contributed by atoms with E-state index >= 15 is 0 Å². The van der Waals surface area contributed by atoms with Gasteiger partial charge in [-0.1, -0.05) is 11.6 Å². The van der Waals surface area contributed by atoms with Crippen LogP contribution >= 0.6 is 11.6 Å². The molecule has 0 aromatic heterocycles. The molecule has 0 bridgehead atoms. The van der Waals surface area contributed by atoms with Crippen LogP contribution in [0.1, 0.15) is 20.7 Å². The van der Waals surface area contributed by atoms with Gasteiger partial charge in [0.05, 0.1) is 4.92 Å². The fourth-order valence-electron chi connectivity index (χ4n) is 1.79. The standard InChI is InChI=1S/C15H8ClF2NO5/c16-9-2-4-13(19(22)23)10(6-9)15(21)24-7-14(20)8-1-3-11(17)12(18)5-8/h1-6H,7H2. The van der Waals surface area contributed by atoms with Gasteiger partial charge in [0.15, 0.2) is 24.0 Å². The lowest BCUT2D eigenvalue weighted by molar-refractivity contribution is -0.385. The Morgan fingerprint density at radius 1 is 1.12 bits per heavy atom. The molecule has 6 nitrogen and oxygen atoms in total. The highest BCUT2D eigenvalue weighted by Crippen LogP contribution is 2.23. The molecule has 2 rings (SSSR count). The van der Waals surface area contributed by atoms with Crippen LogP contribution < -0.4 is 0 Å². The lowest BCUT2D eigenvalue weighted by Crippen LogP contribution is -2.15. The zero-order chi connectivity index (χ0) is 17.9. The molecular formula is C15H8ClF2NO5. The van der Waals surface area contributed by atoms with Crippen molar-refractivity contribution in [3.05, 3.63) is 74.3 Å². The number of nitro groups is 1. The minimum Gasteiger partial charge on any atom is -0.454 e. The van der Waals surface area contributed by atoms with Gasteiger partial charge in [0, 0.05) is 16.7 Å². The van der Waals surface area contributed by atoms with Crippen molar-refractivity contribution in [3.8, 4) is 0 Å². The highest BCUT2D eigenvalue weighted by atomic mass is 35.5. The molecule has 0 spiro atoms. The summed E-state index contributed by atoms with van der Waals surface area (Å²) >= 11 is 5.68. The summed E-state index contributed by atoms with van der Waals surface area (Å²) in [4.78, 5) is 33.8. The molecule has 124 valence electrons. The number of nitrogens with zero attached hydrogens (tertiary/aromatic N) is 1. The van der Waals surface area contributed by atoms with Gasteiger partial charge in [0.25, 0.3) is 5.69 Å². The summed E-state index contributed by atoms with van der Waals surface area (Å²) in [6, 6.07) is 5.72. The number of hydrogen-bond acceptors (Lipinski definition) is 5. The largest absolute Gasteiger partial charge is 0.454 e. The van der Waals surface area contributed by atoms with Crippen molar-refractivity contribution >= 4 is 29.0 Å². The van der Waals surface area contributed by atoms with Gasteiger partial charge >= 0.3 is 5.97 Å². The first-order valence-electron chi connectivity index (χ1n) is 6.39. The molecule has 2 aromatic rings. The first-order chi connectivity index (χ1) is 11.3. The number of benzene rings is 2. The van der Waals surface area contributed by atoms with Gasteiger partial charge in [-0.15, -0.1) is 0 Å². The van der Waals surface area contributed by atoms with E-state index in [0.29, 0.717) is 6.07 Å². The Morgan fingerprint density at radius 2 is 1.83 bits per heavy atom. The Balaban J connectivity index is 2.13. The molecule has 0 fully saturated rings. The van der Waals surface area contributed by atoms with E-state index in [1.54, 1.807) is 0 Å². The highest BCUT2D eigenvalue weighted by molar-refractivity contribution is 6.31. The zero-order valence-corrected chi connectivity index (χ0v) is 12.5. The molecule has 0 aliphatic rings. The molecule has 0 aliphatic heterocycles. The Bertz CT molecular complexity index is 841. The fourth-order valence-corrected chi connectivity index (χ4v) is 1.96. The molecule has 9 heteroatoms. The number of carbonyl (C=O) groups is 2. The number of hydrogen-bond donors (Lipinski definition) is 0. The summed E-state index contributed by atoms with van der Waals surface area (Å²) in [5.41, 5.74) is -1.17. The van der Waals surface area contributed by atoms with E-state index < -0.39 is 46.2 Å². The second-order valence-corrected chi connectivity index (χ2v) is 4.98. The molecule has 0 N–H and O–H groups in total. The van der Waals surface area contributed by atoms with Gasteiger partial charge in [-0.2, -0.15) is 0 Å². The number of ether oxygens (including phenoxy) is 1. The van der Waals surface area contributed by atoms with Gasteiger partial charge in [-0.3, -0.25) is 14.9 Å². The normalized spacial score (nSPS) is 10.3. The van der Waals surface area contributed by atoms with Crippen LogP contribution in [0.5, 0.6) is 0 Å². The minimum atomic E-state index is -1.22. The minimum absolute atomic E-state index is 0.0690. The lowest BCUT2D eigenvalue weighted by atomic mass is 10.1. The van der Waals surface area contributed by atoms with Gasteiger partial charge < -0.3 is 4.74 Å². The van der Waals surface area contributed by atoms with Gasteiger partial charge in [0.2, 0.25) is 0 Å². The maximum atomic E-state index is 13.1. The summed E-state index contributed by atoms with van der Waals surface area (Å²) in [6.45, 7) is -0.798. The van der Waals surface area contributed by atoms with Crippen molar-refractivity contribution in [1.82, 2.24) is 0 Å². The molecule has 0 unspecified atom stereocenters. The third-order valence-corrected chi connectivity index (χ3v) is 3.19. The van der Waals surface area contributed by atoms with Crippen molar-refractivity contribution in [2.75, 3.05) is 6.61 Å². The third-order valence-electron chi connectivity index (χ3n) is 2.95. The van der Waals surface area contributed by atoms with Gasteiger partial charge in [-0.05, 0) is 30.3 Å². The Morgan fingerprint density at radius 3 is 2.46 bits per heavy atom. The number of carbonyl (C=O) groups excluding carboxylic acids is 2. The van der Waals surface area contributed by atoms with Crippen molar-refractivity contribution in [2.45, 2.75) is 0 Å². The van der Waals surface area contributed by atoms with Crippen molar-refractivity contribution in [3.63, 3.8) is 0 Å². The van der Waals surface area contributed by atoms with E-state index in [2.05, 4.69) is 0 Å². The first kappa shape index (κ1) is 17.5. The molecule has 0 aliphatic carbocycles. The first-order valence-corrected chi connectivity index (χ1v) is 6.76.